The lowest BCUT2D eigenvalue weighted by molar-refractivity contribution is -0.135. The van der Waals surface area contributed by atoms with E-state index in [2.05, 4.69) is 38.7 Å². The van der Waals surface area contributed by atoms with Crippen molar-refractivity contribution in [2.75, 3.05) is 31.1 Å². The largest absolute Gasteiger partial charge is 0.396 e. The van der Waals surface area contributed by atoms with E-state index in [1.54, 1.807) is 0 Å². The fraction of sp³-hybridized carbons (Fsp3) is 0.708. The summed E-state index contributed by atoms with van der Waals surface area (Å²) in [6, 6.07) is 2.50. The van der Waals surface area contributed by atoms with Gasteiger partial charge in [-0.3, -0.25) is 4.79 Å². The lowest BCUT2D eigenvalue weighted by Crippen LogP contribution is -2.57. The summed E-state index contributed by atoms with van der Waals surface area (Å²) in [6.45, 7) is 10.7. The highest BCUT2D eigenvalue weighted by atomic mass is 16.5. The van der Waals surface area contributed by atoms with Crippen molar-refractivity contribution in [3.8, 4) is 6.07 Å². The van der Waals surface area contributed by atoms with Crippen LogP contribution in [0.4, 0.5) is 5.82 Å². The van der Waals surface area contributed by atoms with Gasteiger partial charge in [-0.1, -0.05) is 13.8 Å². The molecule has 2 aliphatic heterocycles. The fourth-order valence-corrected chi connectivity index (χ4v) is 4.94. The molecule has 31 heavy (non-hydrogen) atoms. The number of ether oxygens (including phenoxy) is 1. The molecule has 168 valence electrons. The molecular weight excluding hydrogens is 392 g/mol. The highest BCUT2D eigenvalue weighted by Gasteiger charge is 2.39. The zero-order valence-corrected chi connectivity index (χ0v) is 19.1. The van der Waals surface area contributed by atoms with Gasteiger partial charge in [0.1, 0.15) is 11.9 Å². The van der Waals surface area contributed by atoms with Crippen molar-refractivity contribution < 1.29 is 14.6 Å². The second-order valence-electron chi connectivity index (χ2n) is 10.1. The number of nitriles is 1. The van der Waals surface area contributed by atoms with E-state index in [-0.39, 0.29) is 36.5 Å². The van der Waals surface area contributed by atoms with Gasteiger partial charge in [0.25, 0.3) is 0 Å². The minimum atomic E-state index is -0.298. The number of aliphatic hydroxyl groups excluding tert-OH is 1. The zero-order valence-electron chi connectivity index (χ0n) is 19.1. The van der Waals surface area contributed by atoms with Gasteiger partial charge in [-0.05, 0) is 38.2 Å². The van der Waals surface area contributed by atoms with E-state index in [4.69, 9.17) is 9.72 Å². The predicted molar refractivity (Wildman–Crippen MR) is 118 cm³/mol. The molecule has 1 atom stereocenters. The molecular formula is C24H34N4O3. The lowest BCUT2D eigenvalue weighted by atomic mass is 9.87. The van der Waals surface area contributed by atoms with Crippen LogP contribution in [0.25, 0.3) is 0 Å². The number of amides is 1. The number of carbonyl (C=O) groups is 1. The van der Waals surface area contributed by atoms with E-state index in [0.29, 0.717) is 44.1 Å². The third-order valence-corrected chi connectivity index (χ3v) is 6.84. The van der Waals surface area contributed by atoms with E-state index in [0.717, 1.165) is 35.5 Å². The number of anilines is 1. The average molecular weight is 427 g/mol. The van der Waals surface area contributed by atoms with Gasteiger partial charge in [-0.15, -0.1) is 0 Å². The SMILES string of the molecule is CC(C)C1CN(c2nc(C3CC3)c3c(c2C#N)CC(C)(C)OC3)CCN1C(=O)CCO. The molecule has 0 spiro atoms. The van der Waals surface area contributed by atoms with Gasteiger partial charge in [-0.2, -0.15) is 5.26 Å². The van der Waals surface area contributed by atoms with Gasteiger partial charge in [-0.25, -0.2) is 4.98 Å². The van der Waals surface area contributed by atoms with E-state index in [1.165, 1.54) is 0 Å². The van der Waals surface area contributed by atoms with Crippen LogP contribution in [-0.2, 0) is 22.6 Å². The zero-order chi connectivity index (χ0) is 22.3. The molecule has 7 nitrogen and oxygen atoms in total. The number of fused-ring (bicyclic) bond motifs is 1. The Hall–Kier alpha value is -2.17. The summed E-state index contributed by atoms with van der Waals surface area (Å²) >= 11 is 0. The first-order chi connectivity index (χ1) is 14.8. The number of carbonyl (C=O) groups excluding carboxylic acids is 1. The van der Waals surface area contributed by atoms with Crippen molar-refractivity contribution in [1.29, 1.82) is 5.26 Å². The van der Waals surface area contributed by atoms with Crippen molar-refractivity contribution >= 4 is 11.7 Å². The van der Waals surface area contributed by atoms with Gasteiger partial charge in [0.2, 0.25) is 5.91 Å². The van der Waals surface area contributed by atoms with Gasteiger partial charge >= 0.3 is 0 Å². The maximum absolute atomic E-state index is 12.6. The number of hydrogen-bond acceptors (Lipinski definition) is 6. The van der Waals surface area contributed by atoms with Crippen LogP contribution >= 0.6 is 0 Å². The van der Waals surface area contributed by atoms with Gasteiger partial charge in [0.15, 0.2) is 0 Å². The fourth-order valence-electron chi connectivity index (χ4n) is 4.94. The Balaban J connectivity index is 1.72. The molecule has 1 saturated carbocycles. The van der Waals surface area contributed by atoms with Crippen LogP contribution in [0, 0.1) is 17.2 Å². The number of rotatable bonds is 5. The number of nitrogens with zero attached hydrogens (tertiary/aromatic N) is 4. The van der Waals surface area contributed by atoms with Gasteiger partial charge in [0, 0.05) is 44.0 Å². The van der Waals surface area contributed by atoms with E-state index < -0.39 is 0 Å². The lowest BCUT2D eigenvalue weighted by Gasteiger charge is -2.44. The summed E-state index contributed by atoms with van der Waals surface area (Å²) in [5, 5.41) is 19.4. The Kier molecular flexibility index (Phi) is 5.97. The van der Waals surface area contributed by atoms with Gasteiger partial charge in [0.05, 0.1) is 36.1 Å². The predicted octanol–water partition coefficient (Wildman–Crippen LogP) is 2.74. The second kappa shape index (κ2) is 8.40. The van der Waals surface area contributed by atoms with Crippen molar-refractivity contribution in [2.24, 2.45) is 5.92 Å². The van der Waals surface area contributed by atoms with E-state index >= 15 is 0 Å². The van der Waals surface area contributed by atoms with E-state index in [1.807, 2.05) is 4.90 Å². The number of aliphatic hydroxyl groups is 1. The molecule has 1 saturated heterocycles. The van der Waals surface area contributed by atoms with Crippen LogP contribution < -0.4 is 4.90 Å². The maximum atomic E-state index is 12.6. The standard InChI is InChI=1S/C24H34N4O3/c1-15(2)20-13-27(8-9-28(20)21(30)7-10-29)23-18(12-25)17-11-24(3,4)31-14-19(17)22(26-23)16-5-6-16/h15-16,20,29H,5-11,13-14H2,1-4H3. The molecule has 1 aromatic rings. The molecule has 1 N–H and O–H groups in total. The molecule has 0 bridgehead atoms. The van der Waals surface area contributed by atoms with Crippen LogP contribution in [0.3, 0.4) is 0 Å². The Bertz CT molecular complexity index is 901. The molecule has 2 fully saturated rings. The molecule has 4 rings (SSSR count). The molecule has 0 radical (unpaired) electrons. The normalized spacial score (nSPS) is 22.9. The van der Waals surface area contributed by atoms with Crippen molar-refractivity contribution in [1.82, 2.24) is 9.88 Å². The van der Waals surface area contributed by atoms with Crippen molar-refractivity contribution in [3.05, 3.63) is 22.4 Å². The van der Waals surface area contributed by atoms with Crippen LogP contribution in [0.15, 0.2) is 0 Å². The average Bonchev–Trinajstić information content (AvgIpc) is 3.56. The minimum Gasteiger partial charge on any atom is -0.396 e. The van der Waals surface area contributed by atoms with Crippen molar-refractivity contribution in [2.45, 2.75) is 77.5 Å². The first-order valence-electron chi connectivity index (χ1n) is 11.5. The molecule has 1 amide bonds. The topological polar surface area (TPSA) is 89.7 Å². The van der Waals surface area contributed by atoms with Crippen molar-refractivity contribution in [3.63, 3.8) is 0 Å². The first kappa shape index (κ1) is 22.0. The highest BCUT2D eigenvalue weighted by Crippen LogP contribution is 2.46. The Labute approximate surface area is 185 Å². The molecule has 1 unspecified atom stereocenters. The van der Waals surface area contributed by atoms with Crippen LogP contribution in [0.1, 0.15) is 75.3 Å². The minimum absolute atomic E-state index is 0.00248. The summed E-state index contributed by atoms with van der Waals surface area (Å²) in [6.07, 6.45) is 3.16. The molecule has 3 aliphatic rings. The first-order valence-corrected chi connectivity index (χ1v) is 11.5. The second-order valence-corrected chi connectivity index (χ2v) is 10.1. The maximum Gasteiger partial charge on any atom is 0.225 e. The third-order valence-electron chi connectivity index (χ3n) is 6.84. The monoisotopic (exact) mass is 426 g/mol. The van der Waals surface area contributed by atoms with Gasteiger partial charge < -0.3 is 19.6 Å². The van der Waals surface area contributed by atoms with Crippen LogP contribution in [-0.4, -0.2) is 58.8 Å². The summed E-state index contributed by atoms with van der Waals surface area (Å²) in [4.78, 5) is 21.7. The summed E-state index contributed by atoms with van der Waals surface area (Å²) in [5.41, 5.74) is 3.71. The highest BCUT2D eigenvalue weighted by molar-refractivity contribution is 5.77. The Morgan fingerprint density at radius 1 is 1.32 bits per heavy atom. The number of aromatic nitrogens is 1. The molecule has 3 heterocycles. The third kappa shape index (κ3) is 4.28. The summed E-state index contributed by atoms with van der Waals surface area (Å²) in [5.74, 6) is 1.51. The van der Waals surface area contributed by atoms with Crippen LogP contribution in [0.2, 0.25) is 0 Å². The van der Waals surface area contributed by atoms with Crippen LogP contribution in [0.5, 0.6) is 0 Å². The number of pyridine rings is 1. The molecule has 7 heteroatoms. The van der Waals surface area contributed by atoms with E-state index in [9.17, 15) is 15.2 Å². The molecule has 1 aromatic heterocycles. The smallest absolute Gasteiger partial charge is 0.225 e. The molecule has 1 aliphatic carbocycles. The number of hydrogen-bond donors (Lipinski definition) is 1. The summed E-state index contributed by atoms with van der Waals surface area (Å²) < 4.78 is 6.08. The quantitative estimate of drug-likeness (QED) is 0.779. The summed E-state index contributed by atoms with van der Waals surface area (Å²) in [7, 11) is 0. The molecule has 0 aromatic carbocycles. The number of piperazine rings is 1. The Morgan fingerprint density at radius 3 is 2.68 bits per heavy atom. The Morgan fingerprint density at radius 2 is 2.06 bits per heavy atom.